The minimum Gasteiger partial charge on any atom is -0.449 e. The minimum absolute atomic E-state index is 0.0124. The van der Waals surface area contributed by atoms with Crippen molar-refractivity contribution in [2.24, 2.45) is 0 Å². The van der Waals surface area contributed by atoms with Gasteiger partial charge >= 0.3 is 5.97 Å². The molecule has 0 aliphatic carbocycles. The van der Waals surface area contributed by atoms with Gasteiger partial charge in [0, 0.05) is 45.0 Å². The van der Waals surface area contributed by atoms with Gasteiger partial charge < -0.3 is 29.5 Å². The van der Waals surface area contributed by atoms with Crippen molar-refractivity contribution in [3.8, 4) is 12.1 Å². The summed E-state index contributed by atoms with van der Waals surface area (Å²) in [6.45, 7) is 2.17. The Kier molecular flexibility index (Phi) is 9.15. The number of nitrogens with zero attached hydrogens (tertiary/aromatic N) is 5. The molecule has 2 aliphatic heterocycles. The molecule has 0 saturated carbocycles. The van der Waals surface area contributed by atoms with Gasteiger partial charge in [0.05, 0.1) is 30.7 Å². The summed E-state index contributed by atoms with van der Waals surface area (Å²) in [6, 6.07) is 14.6. The lowest BCUT2D eigenvalue weighted by atomic mass is 10.1. The van der Waals surface area contributed by atoms with Crippen molar-refractivity contribution < 1.29 is 33.4 Å². The average Bonchev–Trinajstić information content (AvgIpc) is 2.97. The quantitative estimate of drug-likeness (QED) is 0.466. The molecular weight excluding hydrogens is 544 g/mol. The number of hydrogen-bond acceptors (Lipinski definition) is 9. The molecule has 0 spiro atoms. The summed E-state index contributed by atoms with van der Waals surface area (Å²) in [6.07, 6.45) is -3.10. The highest BCUT2D eigenvalue weighted by Crippen LogP contribution is 2.24. The van der Waals surface area contributed by atoms with Crippen LogP contribution in [0, 0.1) is 22.7 Å². The summed E-state index contributed by atoms with van der Waals surface area (Å²) in [4.78, 5) is 68.0. The number of amides is 4. The molecule has 13 heteroatoms. The Balaban J connectivity index is 1.50. The second-order valence-corrected chi connectivity index (χ2v) is 9.76. The maximum absolute atomic E-state index is 13.6. The van der Waals surface area contributed by atoms with Crippen LogP contribution in [0.5, 0.6) is 0 Å². The van der Waals surface area contributed by atoms with Gasteiger partial charge in [0.15, 0.2) is 6.10 Å². The number of esters is 1. The molecule has 42 heavy (non-hydrogen) atoms. The van der Waals surface area contributed by atoms with Crippen molar-refractivity contribution in [3.05, 3.63) is 59.2 Å². The predicted molar refractivity (Wildman–Crippen MR) is 147 cm³/mol. The Morgan fingerprint density at radius 1 is 1.07 bits per heavy atom. The maximum atomic E-state index is 13.6. The van der Waals surface area contributed by atoms with E-state index in [1.165, 1.54) is 28.0 Å². The van der Waals surface area contributed by atoms with Gasteiger partial charge in [0.1, 0.15) is 12.1 Å². The number of carbonyl (C=O) groups excluding carboxylic acids is 5. The highest BCUT2D eigenvalue weighted by molar-refractivity contribution is 6.04. The summed E-state index contributed by atoms with van der Waals surface area (Å²) in [5, 5.41) is 20.9. The maximum Gasteiger partial charge on any atom is 0.303 e. The van der Waals surface area contributed by atoms with Gasteiger partial charge in [-0.2, -0.15) is 10.5 Å². The number of nitrogens with one attached hydrogen (secondary N) is 1. The smallest absolute Gasteiger partial charge is 0.303 e. The van der Waals surface area contributed by atoms with E-state index in [9.17, 15) is 29.2 Å². The van der Waals surface area contributed by atoms with E-state index in [1.807, 2.05) is 12.1 Å². The van der Waals surface area contributed by atoms with Crippen molar-refractivity contribution in [1.82, 2.24) is 9.80 Å². The number of piperazine rings is 1. The van der Waals surface area contributed by atoms with Crippen molar-refractivity contribution >= 4 is 41.0 Å². The van der Waals surface area contributed by atoms with Gasteiger partial charge in [-0.15, -0.1) is 0 Å². The molecule has 4 amide bonds. The summed E-state index contributed by atoms with van der Waals surface area (Å²) in [5.41, 5.74) is 1.40. The van der Waals surface area contributed by atoms with Crippen LogP contribution in [0.1, 0.15) is 23.6 Å². The zero-order valence-corrected chi connectivity index (χ0v) is 23.0. The van der Waals surface area contributed by atoms with Crippen LogP contribution in [0.15, 0.2) is 42.5 Å². The van der Waals surface area contributed by atoms with E-state index in [4.69, 9.17) is 14.7 Å². The first-order valence-corrected chi connectivity index (χ1v) is 13.1. The Labute approximate surface area is 241 Å². The number of morpholine rings is 1. The number of hydrogen-bond donors (Lipinski definition) is 1. The number of nitriles is 2. The van der Waals surface area contributed by atoms with Crippen molar-refractivity contribution in [2.45, 2.75) is 25.6 Å². The SMILES string of the molecule is CC(=O)O[C@@H](C(=O)Nc1ccc(C#N)c(C#N)c1)[C@H]1OCCN(c2cccc(CC(=O)N3CCN(C)C(=O)C3)c2)C1=O. The van der Waals surface area contributed by atoms with E-state index < -0.39 is 30.0 Å². The van der Waals surface area contributed by atoms with Crippen LogP contribution < -0.4 is 10.2 Å². The lowest BCUT2D eigenvalue weighted by Gasteiger charge is -2.35. The van der Waals surface area contributed by atoms with Gasteiger partial charge in [0.25, 0.3) is 11.8 Å². The first kappa shape index (κ1) is 29.7. The number of benzene rings is 2. The highest BCUT2D eigenvalue weighted by Gasteiger charge is 2.42. The number of anilines is 2. The molecule has 2 saturated heterocycles. The molecule has 4 rings (SSSR count). The molecule has 0 radical (unpaired) electrons. The van der Waals surface area contributed by atoms with E-state index in [-0.39, 0.29) is 54.7 Å². The van der Waals surface area contributed by atoms with Crippen LogP contribution in [-0.4, -0.2) is 91.4 Å². The fourth-order valence-electron chi connectivity index (χ4n) is 4.63. The Morgan fingerprint density at radius 3 is 2.52 bits per heavy atom. The van der Waals surface area contributed by atoms with Crippen molar-refractivity contribution in [3.63, 3.8) is 0 Å². The summed E-state index contributed by atoms with van der Waals surface area (Å²) >= 11 is 0. The standard InChI is InChI=1S/C29H28N6O7/c1-18(36)42-26(28(39)32-22-7-6-20(15-30)21(14-22)16-31)27-29(40)35(10-11-41-27)23-5-3-4-19(12-23)13-24(37)34-9-8-33(2)25(38)17-34/h3-7,12,14,26-27H,8-11,13,17H2,1-2H3,(H,32,39)/t26-,27-/m1/s1. The normalized spacial score (nSPS) is 17.6. The zero-order valence-electron chi connectivity index (χ0n) is 23.0. The number of rotatable bonds is 7. The summed E-state index contributed by atoms with van der Waals surface area (Å²) in [7, 11) is 1.69. The van der Waals surface area contributed by atoms with Crippen LogP contribution in [0.25, 0.3) is 0 Å². The number of ether oxygens (including phenoxy) is 2. The third kappa shape index (κ3) is 6.71. The average molecular weight is 573 g/mol. The number of likely N-dealkylation sites (N-methyl/N-ethyl adjacent to an activating group) is 1. The van der Waals surface area contributed by atoms with Gasteiger partial charge in [-0.25, -0.2) is 0 Å². The molecule has 0 bridgehead atoms. The lowest BCUT2D eigenvalue weighted by Crippen LogP contribution is -2.56. The Bertz CT molecular complexity index is 1510. The highest BCUT2D eigenvalue weighted by atomic mass is 16.6. The first-order valence-electron chi connectivity index (χ1n) is 13.1. The van der Waals surface area contributed by atoms with Crippen LogP contribution in [-0.2, 0) is 39.9 Å². The molecule has 2 atom stereocenters. The van der Waals surface area contributed by atoms with Crippen LogP contribution in [0.4, 0.5) is 11.4 Å². The molecule has 2 heterocycles. The third-order valence-electron chi connectivity index (χ3n) is 6.86. The van der Waals surface area contributed by atoms with Crippen LogP contribution >= 0.6 is 0 Å². The minimum atomic E-state index is -1.65. The fraction of sp³-hybridized carbons (Fsp3) is 0.345. The van der Waals surface area contributed by atoms with E-state index in [1.54, 1.807) is 36.2 Å². The fourth-order valence-corrected chi connectivity index (χ4v) is 4.63. The van der Waals surface area contributed by atoms with Gasteiger partial charge in [0.2, 0.25) is 17.9 Å². The third-order valence-corrected chi connectivity index (χ3v) is 6.86. The molecule has 2 aromatic rings. The van der Waals surface area contributed by atoms with Crippen molar-refractivity contribution in [1.29, 1.82) is 10.5 Å². The zero-order chi connectivity index (χ0) is 30.4. The molecule has 1 N–H and O–H groups in total. The molecular formula is C29H28N6O7. The first-order chi connectivity index (χ1) is 20.1. The monoisotopic (exact) mass is 572 g/mol. The van der Waals surface area contributed by atoms with Gasteiger partial charge in [-0.1, -0.05) is 12.1 Å². The Hall–Kier alpha value is -5.27. The second kappa shape index (κ2) is 12.9. The van der Waals surface area contributed by atoms with E-state index in [0.29, 0.717) is 24.3 Å². The molecule has 2 fully saturated rings. The lowest BCUT2D eigenvalue weighted by molar-refractivity contribution is -0.167. The second-order valence-electron chi connectivity index (χ2n) is 9.76. The van der Waals surface area contributed by atoms with Crippen LogP contribution in [0.3, 0.4) is 0 Å². The van der Waals surface area contributed by atoms with E-state index in [0.717, 1.165) is 6.92 Å². The molecule has 0 unspecified atom stereocenters. The van der Waals surface area contributed by atoms with Crippen LogP contribution in [0.2, 0.25) is 0 Å². The molecule has 2 aromatic carbocycles. The molecule has 216 valence electrons. The topological polar surface area (TPSA) is 173 Å². The van der Waals surface area contributed by atoms with Gasteiger partial charge in [-0.05, 0) is 35.9 Å². The summed E-state index contributed by atoms with van der Waals surface area (Å²) < 4.78 is 10.8. The molecule has 13 nitrogen and oxygen atoms in total. The number of carbonyl (C=O) groups is 5. The Morgan fingerprint density at radius 2 is 1.83 bits per heavy atom. The van der Waals surface area contributed by atoms with E-state index >= 15 is 0 Å². The molecule has 0 aromatic heterocycles. The molecule has 2 aliphatic rings. The van der Waals surface area contributed by atoms with Crippen molar-refractivity contribution in [2.75, 3.05) is 50.1 Å². The van der Waals surface area contributed by atoms with Gasteiger partial charge in [-0.3, -0.25) is 24.0 Å². The largest absolute Gasteiger partial charge is 0.449 e. The van der Waals surface area contributed by atoms with E-state index in [2.05, 4.69) is 5.32 Å². The summed E-state index contributed by atoms with van der Waals surface area (Å²) in [5.74, 6) is -2.66. The predicted octanol–water partition coefficient (Wildman–Crippen LogP) is 0.575.